The van der Waals surface area contributed by atoms with E-state index in [4.69, 9.17) is 15.9 Å². The number of likely N-dealkylation sites (tertiary alicyclic amines) is 1. The molecule has 2 N–H and O–H groups in total. The van der Waals surface area contributed by atoms with E-state index in [2.05, 4.69) is 11.2 Å². The number of carbonyl (C=O) groups is 3. The van der Waals surface area contributed by atoms with E-state index < -0.39 is 29.4 Å². The molecule has 2 rings (SSSR count). The first-order chi connectivity index (χ1) is 16.1. The zero-order chi connectivity index (χ0) is 25.3. The highest BCUT2D eigenvalue weighted by Crippen LogP contribution is 2.34. The van der Waals surface area contributed by atoms with Crippen molar-refractivity contribution in [2.45, 2.75) is 59.2 Å². The first-order valence-electron chi connectivity index (χ1n) is 11.6. The van der Waals surface area contributed by atoms with Crippen LogP contribution in [-0.2, 0) is 30.4 Å². The lowest BCUT2D eigenvalue weighted by Gasteiger charge is -2.35. The Kier molecular flexibility index (Phi) is 10.1. The molecule has 1 aromatic rings. The third-order valence-corrected chi connectivity index (χ3v) is 6.41. The van der Waals surface area contributed by atoms with Crippen LogP contribution in [0.3, 0.4) is 0 Å². The number of benzene rings is 1. The molecule has 0 aromatic heterocycles. The first-order valence-corrected chi connectivity index (χ1v) is 11.6. The van der Waals surface area contributed by atoms with Crippen LogP contribution in [0.1, 0.15) is 51.7 Å². The molecule has 0 aliphatic carbocycles. The maximum absolute atomic E-state index is 13.3. The molecule has 0 saturated carbocycles. The molecule has 1 fully saturated rings. The Morgan fingerprint density at radius 2 is 1.97 bits per heavy atom. The third kappa shape index (κ3) is 7.57. The van der Waals surface area contributed by atoms with Crippen LogP contribution in [0.4, 0.5) is 0 Å². The number of aliphatic hydroxyl groups excluding tert-OH is 1. The van der Waals surface area contributed by atoms with Gasteiger partial charge in [-0.1, -0.05) is 38.8 Å². The van der Waals surface area contributed by atoms with Crippen molar-refractivity contribution in [1.82, 2.24) is 10.2 Å². The summed E-state index contributed by atoms with van der Waals surface area (Å²) >= 11 is 0. The van der Waals surface area contributed by atoms with Crippen molar-refractivity contribution in [3.63, 3.8) is 0 Å². The zero-order valence-electron chi connectivity index (χ0n) is 20.5. The van der Waals surface area contributed by atoms with E-state index in [0.717, 1.165) is 11.1 Å². The van der Waals surface area contributed by atoms with Crippen LogP contribution in [0.25, 0.3) is 0 Å². The average Bonchev–Trinajstić information content (AvgIpc) is 3.21. The van der Waals surface area contributed by atoms with E-state index in [-0.39, 0.29) is 31.4 Å². The molecular weight excluding hydrogens is 436 g/mol. The second kappa shape index (κ2) is 12.5. The molecule has 1 aliphatic rings. The molecule has 0 radical (unpaired) electrons. The third-order valence-electron chi connectivity index (χ3n) is 6.41. The summed E-state index contributed by atoms with van der Waals surface area (Å²) in [5.41, 5.74) is 1.20. The molecular formula is C26H36N2O6. The number of nitrogens with zero attached hydrogens (tertiary/aromatic N) is 1. The van der Waals surface area contributed by atoms with Crippen LogP contribution >= 0.6 is 0 Å². The first kappa shape index (κ1) is 27.4. The van der Waals surface area contributed by atoms with Crippen LogP contribution in [0.2, 0.25) is 0 Å². The summed E-state index contributed by atoms with van der Waals surface area (Å²) in [6, 6.07) is 6.56. The van der Waals surface area contributed by atoms with E-state index in [9.17, 15) is 19.5 Å². The van der Waals surface area contributed by atoms with Crippen LogP contribution in [-0.4, -0.2) is 66.3 Å². The van der Waals surface area contributed by atoms with E-state index in [1.807, 2.05) is 32.9 Å². The van der Waals surface area contributed by atoms with Crippen LogP contribution < -0.4 is 5.32 Å². The fourth-order valence-corrected chi connectivity index (χ4v) is 3.82. The highest BCUT2D eigenvalue weighted by Gasteiger charge is 2.43. The second-order valence-corrected chi connectivity index (χ2v) is 9.27. The molecule has 186 valence electrons. The summed E-state index contributed by atoms with van der Waals surface area (Å²) in [4.78, 5) is 39.1. The molecule has 1 aliphatic heterocycles. The Hall–Kier alpha value is -2.89. The van der Waals surface area contributed by atoms with Crippen LogP contribution in [0.15, 0.2) is 24.3 Å². The second-order valence-electron chi connectivity index (χ2n) is 9.27. The van der Waals surface area contributed by atoms with Gasteiger partial charge in [-0.2, -0.15) is 0 Å². The highest BCUT2D eigenvalue weighted by molar-refractivity contribution is 5.89. The predicted octanol–water partition coefficient (Wildman–Crippen LogP) is 1.88. The molecule has 2 amide bonds. The van der Waals surface area contributed by atoms with Gasteiger partial charge in [0.2, 0.25) is 11.8 Å². The average molecular weight is 473 g/mol. The van der Waals surface area contributed by atoms with E-state index >= 15 is 0 Å². The normalized spacial score (nSPS) is 18.8. The van der Waals surface area contributed by atoms with Crippen molar-refractivity contribution in [2.24, 2.45) is 11.3 Å². The Morgan fingerprint density at radius 3 is 2.59 bits per heavy atom. The lowest BCUT2D eigenvalue weighted by atomic mass is 9.76. The van der Waals surface area contributed by atoms with E-state index in [0.29, 0.717) is 26.2 Å². The quantitative estimate of drug-likeness (QED) is 0.289. The molecule has 1 aromatic carbocycles. The van der Waals surface area contributed by atoms with E-state index in [1.54, 1.807) is 19.1 Å². The van der Waals surface area contributed by atoms with Gasteiger partial charge in [0, 0.05) is 37.6 Å². The summed E-state index contributed by atoms with van der Waals surface area (Å²) in [6.07, 6.45) is 5.35. The van der Waals surface area contributed by atoms with Crippen molar-refractivity contribution in [1.29, 1.82) is 0 Å². The minimum Gasteiger partial charge on any atom is -0.464 e. The lowest BCUT2D eigenvalue weighted by molar-refractivity contribution is -0.149. The number of nitrogens with one attached hydrogen (secondary N) is 1. The summed E-state index contributed by atoms with van der Waals surface area (Å²) in [6.45, 7) is 8.34. The molecule has 8 heteroatoms. The Labute approximate surface area is 202 Å². The van der Waals surface area contributed by atoms with Gasteiger partial charge in [0.25, 0.3) is 0 Å². The van der Waals surface area contributed by atoms with Gasteiger partial charge in [0.15, 0.2) is 0 Å². The highest BCUT2D eigenvalue weighted by atomic mass is 16.6. The molecule has 3 atom stereocenters. The fraction of sp³-hybridized carbons (Fsp3) is 0.577. The van der Waals surface area contributed by atoms with Crippen LogP contribution in [0.5, 0.6) is 0 Å². The number of ether oxygens (including phenoxy) is 2. The van der Waals surface area contributed by atoms with Gasteiger partial charge in [-0.05, 0) is 36.5 Å². The van der Waals surface area contributed by atoms with Crippen molar-refractivity contribution in [2.75, 3.05) is 26.4 Å². The summed E-state index contributed by atoms with van der Waals surface area (Å²) in [5, 5.41) is 13.1. The number of esters is 1. The standard InChI is InChI=1S/C26H36N2O6/c1-6-19-8-10-20(11-9-19)15-27-24(31)22-14-21(29)16-28(22)25(32)18(3)26(4,5)12-13-33-17-23(30)34-7-2/h1,8-11,18,21-22,29H,7,12-17H2,2-5H3,(H,27,31)/t18-,21-,22+/m1/s1. The van der Waals surface area contributed by atoms with Crippen molar-refractivity contribution in [3.05, 3.63) is 35.4 Å². The minimum absolute atomic E-state index is 0.119. The fourth-order valence-electron chi connectivity index (χ4n) is 3.82. The number of rotatable bonds is 11. The van der Waals surface area contributed by atoms with Gasteiger partial charge in [0.05, 0.1) is 12.7 Å². The number of terminal acetylenes is 1. The molecule has 0 spiro atoms. The van der Waals surface area contributed by atoms with Gasteiger partial charge in [-0.3, -0.25) is 9.59 Å². The summed E-state index contributed by atoms with van der Waals surface area (Å²) in [5.74, 6) is 1.22. The number of aliphatic hydroxyl groups is 1. The smallest absolute Gasteiger partial charge is 0.332 e. The molecule has 1 saturated heterocycles. The summed E-state index contributed by atoms with van der Waals surface area (Å²) < 4.78 is 10.2. The molecule has 0 bridgehead atoms. The Balaban J connectivity index is 1.94. The SMILES string of the molecule is C#Cc1ccc(CNC(=O)[C@@H]2C[C@@H](O)CN2C(=O)[C@@H](C)C(C)(C)CCOCC(=O)OCC)cc1. The largest absolute Gasteiger partial charge is 0.464 e. The van der Waals surface area contributed by atoms with Crippen molar-refractivity contribution >= 4 is 17.8 Å². The molecule has 8 nitrogen and oxygen atoms in total. The summed E-state index contributed by atoms with van der Waals surface area (Å²) in [7, 11) is 0. The molecule has 1 heterocycles. The minimum atomic E-state index is -0.752. The van der Waals surface area contributed by atoms with E-state index in [1.165, 1.54) is 4.90 Å². The van der Waals surface area contributed by atoms with Gasteiger partial charge >= 0.3 is 5.97 Å². The monoisotopic (exact) mass is 472 g/mol. The maximum Gasteiger partial charge on any atom is 0.332 e. The predicted molar refractivity (Wildman–Crippen MR) is 127 cm³/mol. The van der Waals surface area contributed by atoms with Gasteiger partial charge in [-0.15, -0.1) is 6.42 Å². The van der Waals surface area contributed by atoms with Crippen LogP contribution in [0, 0.1) is 23.7 Å². The number of hydrogen-bond acceptors (Lipinski definition) is 6. The topological polar surface area (TPSA) is 105 Å². The molecule has 34 heavy (non-hydrogen) atoms. The maximum atomic E-state index is 13.3. The van der Waals surface area contributed by atoms with Gasteiger partial charge in [0.1, 0.15) is 12.6 Å². The van der Waals surface area contributed by atoms with Gasteiger partial charge < -0.3 is 24.8 Å². The Morgan fingerprint density at radius 1 is 1.29 bits per heavy atom. The number of hydrogen-bond donors (Lipinski definition) is 2. The Bertz CT molecular complexity index is 890. The number of carbonyl (C=O) groups excluding carboxylic acids is 3. The number of β-amino-alcohol motifs (C(OH)–C–C–N with tert-alkyl or cyclic N) is 1. The van der Waals surface area contributed by atoms with Gasteiger partial charge in [-0.25, -0.2) is 4.79 Å². The van der Waals surface area contributed by atoms with Crippen molar-refractivity contribution < 1.29 is 29.0 Å². The molecule has 0 unspecified atom stereocenters. The number of amides is 2. The lowest BCUT2D eigenvalue weighted by Crippen LogP contribution is -2.49. The van der Waals surface area contributed by atoms with Crippen molar-refractivity contribution in [3.8, 4) is 12.3 Å². The zero-order valence-corrected chi connectivity index (χ0v) is 20.5.